The van der Waals surface area contributed by atoms with Crippen LogP contribution in [-0.2, 0) is 46.4 Å². The van der Waals surface area contributed by atoms with Crippen molar-refractivity contribution in [1.82, 2.24) is 20.9 Å². The second kappa shape index (κ2) is 18.9. The van der Waals surface area contributed by atoms with Crippen molar-refractivity contribution in [1.29, 1.82) is 0 Å². The third-order valence-electron chi connectivity index (χ3n) is 7.77. The lowest BCUT2D eigenvalue weighted by atomic mass is 10.0. The van der Waals surface area contributed by atoms with Crippen LogP contribution in [0.1, 0.15) is 43.2 Å². The number of aromatic hydroxyl groups is 1. The minimum atomic E-state index is -1.40. The summed E-state index contributed by atoms with van der Waals surface area (Å²) in [5.41, 5.74) is 12.2. The molecular weight excluding hydrogens is 664 g/mol. The average Bonchev–Trinajstić information content (AvgIpc) is 3.53. The first-order valence-electron chi connectivity index (χ1n) is 15.3. The molecule has 0 spiro atoms. The summed E-state index contributed by atoms with van der Waals surface area (Å²) >= 11 is 0. The molecule has 2 aromatic rings. The summed E-state index contributed by atoms with van der Waals surface area (Å²) in [7, 11) is 0. The van der Waals surface area contributed by atoms with Gasteiger partial charge in [-0.3, -0.25) is 28.8 Å². The van der Waals surface area contributed by atoms with Crippen molar-refractivity contribution in [3.05, 3.63) is 65.7 Å². The van der Waals surface area contributed by atoms with Gasteiger partial charge in [-0.25, -0.2) is 4.79 Å². The van der Waals surface area contributed by atoms with Crippen LogP contribution in [0.3, 0.4) is 0 Å². The van der Waals surface area contributed by atoms with Gasteiger partial charge in [0.1, 0.15) is 29.9 Å². The summed E-state index contributed by atoms with van der Waals surface area (Å²) in [6.07, 6.45) is -0.795. The van der Waals surface area contributed by atoms with Crippen molar-refractivity contribution in [2.45, 2.75) is 75.2 Å². The van der Waals surface area contributed by atoms with E-state index in [1.165, 1.54) is 24.3 Å². The Morgan fingerprint density at radius 1 is 0.816 bits per heavy atom. The van der Waals surface area contributed by atoms with Crippen LogP contribution < -0.4 is 27.4 Å². The minimum absolute atomic E-state index is 0. The second-order valence-electron chi connectivity index (χ2n) is 11.5. The van der Waals surface area contributed by atoms with Crippen LogP contribution in [-0.4, -0.2) is 98.4 Å². The average molecular weight is 705 g/mol. The number of primary amides is 1. The zero-order chi connectivity index (χ0) is 35.4. The smallest absolute Gasteiger partial charge is 0.326 e. The lowest BCUT2D eigenvalue weighted by Gasteiger charge is -2.29. The molecule has 17 heteroatoms. The summed E-state index contributed by atoms with van der Waals surface area (Å²) in [5.74, 6) is -6.62. The van der Waals surface area contributed by atoms with Crippen molar-refractivity contribution in [3.63, 3.8) is 0 Å². The summed E-state index contributed by atoms with van der Waals surface area (Å²) in [4.78, 5) is 89.3. The maximum absolute atomic E-state index is 13.6. The lowest BCUT2D eigenvalue weighted by molar-refractivity contribution is -0.144. The van der Waals surface area contributed by atoms with Crippen LogP contribution in [0.25, 0.3) is 0 Å². The molecule has 1 aliphatic rings. The molecule has 0 saturated carbocycles. The standard InChI is InChI=1S/C32H40N6O10.ClH/c33-21(17-27(41)42)31(46)38-14-4-7-25(38)30(45)35-22(12-13-26(34)40)28(43)36-23(15-18-5-2-1-3-6-18)29(44)37-24(32(47)48)16-19-8-10-20(39)11-9-19;/h1-3,5-6,8-11,21-25,39H,4,7,12-17,33H2,(H2,34,40)(H,35,45)(H,36,43)(H,37,44)(H,41,42)(H,47,48);1H/t21-,22-,23-,24-,25-;/m0./s1. The number of nitrogens with zero attached hydrogens (tertiary/aromatic N) is 1. The molecule has 49 heavy (non-hydrogen) atoms. The highest BCUT2D eigenvalue weighted by Gasteiger charge is 2.38. The predicted molar refractivity (Wildman–Crippen MR) is 176 cm³/mol. The van der Waals surface area contributed by atoms with E-state index in [-0.39, 0.29) is 56.8 Å². The van der Waals surface area contributed by atoms with Crippen molar-refractivity contribution in [2.75, 3.05) is 6.54 Å². The van der Waals surface area contributed by atoms with E-state index in [2.05, 4.69) is 16.0 Å². The van der Waals surface area contributed by atoms with Gasteiger partial charge in [0.05, 0.1) is 12.5 Å². The van der Waals surface area contributed by atoms with E-state index in [9.17, 15) is 43.8 Å². The highest BCUT2D eigenvalue weighted by atomic mass is 35.5. The number of rotatable bonds is 17. The molecule has 0 bridgehead atoms. The number of nitrogens with two attached hydrogens (primary N) is 2. The Labute approximate surface area is 288 Å². The van der Waals surface area contributed by atoms with Crippen molar-refractivity contribution < 1.29 is 48.9 Å². The molecule has 1 aliphatic heterocycles. The van der Waals surface area contributed by atoms with E-state index in [1.807, 2.05) is 0 Å². The van der Waals surface area contributed by atoms with Crippen molar-refractivity contribution >= 4 is 53.9 Å². The SMILES string of the molecule is Cl.NC(=O)CC[C@H](NC(=O)[C@@H]1CCCN1C(=O)[C@@H](N)CC(=O)O)C(=O)N[C@@H](Cc1ccccc1)C(=O)N[C@@H](Cc1ccc(O)cc1)C(=O)O. The number of carboxylic acids is 2. The molecule has 0 aliphatic carbocycles. The van der Waals surface area contributed by atoms with Gasteiger partial charge in [-0.15, -0.1) is 12.4 Å². The Balaban J connectivity index is 0.00000833. The fraction of sp³-hybridized carbons (Fsp3) is 0.406. The molecule has 1 fully saturated rings. The van der Waals surface area contributed by atoms with Crippen LogP contribution in [0.4, 0.5) is 0 Å². The molecule has 266 valence electrons. The summed E-state index contributed by atoms with van der Waals surface area (Å²) in [5, 5.41) is 35.9. The number of carbonyl (C=O) groups excluding carboxylic acids is 5. The number of halogens is 1. The molecule has 2 aromatic carbocycles. The number of carboxylic acid groups (broad SMARTS) is 2. The van der Waals surface area contributed by atoms with E-state index in [0.29, 0.717) is 17.5 Å². The molecule has 0 radical (unpaired) electrons. The van der Waals surface area contributed by atoms with Crippen LogP contribution >= 0.6 is 12.4 Å². The third kappa shape index (κ3) is 12.4. The minimum Gasteiger partial charge on any atom is -0.508 e. The van der Waals surface area contributed by atoms with E-state index in [4.69, 9.17) is 16.6 Å². The molecular formula is C32H41ClN6O10. The maximum Gasteiger partial charge on any atom is 0.326 e. The number of phenolic OH excluding ortho intramolecular Hbond substituents is 1. The summed E-state index contributed by atoms with van der Waals surface area (Å²) < 4.78 is 0. The van der Waals surface area contributed by atoms with Crippen LogP contribution in [0.5, 0.6) is 5.75 Å². The van der Waals surface area contributed by atoms with Gasteiger partial charge in [0.15, 0.2) is 0 Å². The topological polar surface area (TPSA) is 272 Å². The Bertz CT molecular complexity index is 1490. The molecule has 5 atom stereocenters. The van der Waals surface area contributed by atoms with E-state index in [0.717, 1.165) is 4.90 Å². The van der Waals surface area contributed by atoms with E-state index >= 15 is 0 Å². The fourth-order valence-electron chi connectivity index (χ4n) is 5.29. The Morgan fingerprint density at radius 2 is 1.39 bits per heavy atom. The van der Waals surface area contributed by atoms with Gasteiger partial charge in [-0.1, -0.05) is 42.5 Å². The largest absolute Gasteiger partial charge is 0.508 e. The molecule has 1 saturated heterocycles. The fourth-order valence-corrected chi connectivity index (χ4v) is 5.29. The van der Waals surface area contributed by atoms with E-state index in [1.54, 1.807) is 30.3 Å². The summed E-state index contributed by atoms with van der Waals surface area (Å²) in [6.45, 7) is 0.136. The molecule has 0 unspecified atom stereocenters. The van der Waals surface area contributed by atoms with Gasteiger partial charge in [0, 0.05) is 25.8 Å². The number of hydrogen-bond acceptors (Lipinski definition) is 9. The number of amides is 5. The first-order valence-corrected chi connectivity index (χ1v) is 15.3. The van der Waals surface area contributed by atoms with Crippen LogP contribution in [0, 0.1) is 0 Å². The Hall–Kier alpha value is -5.22. The quantitative estimate of drug-likeness (QED) is 0.101. The Kier molecular flexibility index (Phi) is 15.4. The third-order valence-corrected chi connectivity index (χ3v) is 7.77. The molecule has 5 amide bonds. The first kappa shape index (κ1) is 40.0. The predicted octanol–water partition coefficient (Wildman–Crippen LogP) is -0.803. The number of hydrogen-bond donors (Lipinski definition) is 8. The molecule has 10 N–H and O–H groups in total. The number of phenols is 1. The van der Waals surface area contributed by atoms with Gasteiger partial charge in [-0.05, 0) is 42.5 Å². The zero-order valence-corrected chi connectivity index (χ0v) is 27.3. The number of likely N-dealkylation sites (tertiary alicyclic amines) is 1. The van der Waals surface area contributed by atoms with Gasteiger partial charge in [0.25, 0.3) is 0 Å². The van der Waals surface area contributed by atoms with Gasteiger partial charge in [0.2, 0.25) is 29.5 Å². The monoisotopic (exact) mass is 704 g/mol. The van der Waals surface area contributed by atoms with Crippen molar-refractivity contribution in [3.8, 4) is 5.75 Å². The second-order valence-corrected chi connectivity index (χ2v) is 11.5. The summed E-state index contributed by atoms with van der Waals surface area (Å²) in [6, 6.07) is 7.76. The van der Waals surface area contributed by atoms with Gasteiger partial charge in [-0.2, -0.15) is 0 Å². The molecule has 1 heterocycles. The van der Waals surface area contributed by atoms with Crippen LogP contribution in [0.15, 0.2) is 54.6 Å². The highest BCUT2D eigenvalue weighted by Crippen LogP contribution is 2.20. The van der Waals surface area contributed by atoms with Crippen molar-refractivity contribution in [2.24, 2.45) is 11.5 Å². The van der Waals surface area contributed by atoms with Gasteiger partial charge >= 0.3 is 11.9 Å². The van der Waals surface area contributed by atoms with Gasteiger partial charge < -0.3 is 47.6 Å². The lowest BCUT2D eigenvalue weighted by Crippen LogP contribution is -2.58. The number of aliphatic carboxylic acids is 2. The van der Waals surface area contributed by atoms with Crippen LogP contribution in [0.2, 0.25) is 0 Å². The molecule has 16 nitrogen and oxygen atoms in total. The number of nitrogens with one attached hydrogen (secondary N) is 3. The molecule has 0 aromatic heterocycles. The number of carbonyl (C=O) groups is 7. The Morgan fingerprint density at radius 3 is 1.98 bits per heavy atom. The first-order chi connectivity index (χ1) is 22.7. The highest BCUT2D eigenvalue weighted by molar-refractivity contribution is 5.96. The number of benzene rings is 2. The maximum atomic E-state index is 13.6. The zero-order valence-electron chi connectivity index (χ0n) is 26.4. The molecule has 3 rings (SSSR count). The van der Waals surface area contributed by atoms with E-state index < -0.39 is 78.1 Å². The normalized spacial score (nSPS) is 16.2.